The van der Waals surface area contributed by atoms with Crippen LogP contribution >= 0.6 is 11.6 Å². The van der Waals surface area contributed by atoms with Gasteiger partial charge in [0.15, 0.2) is 0 Å². The number of benzene rings is 1. The lowest BCUT2D eigenvalue weighted by Gasteiger charge is -1.99. The van der Waals surface area contributed by atoms with Gasteiger partial charge in [-0.1, -0.05) is 23.7 Å². The van der Waals surface area contributed by atoms with E-state index < -0.39 is 21.9 Å². The predicted octanol–water partition coefficient (Wildman–Crippen LogP) is 1.50. The molecule has 0 aliphatic rings. The van der Waals surface area contributed by atoms with Gasteiger partial charge in [0.2, 0.25) is 0 Å². The lowest BCUT2D eigenvalue weighted by molar-refractivity contribution is -0.386. The fourth-order valence-corrected chi connectivity index (χ4v) is 1.79. The van der Waals surface area contributed by atoms with Crippen LogP contribution in [0.3, 0.4) is 0 Å². The highest BCUT2D eigenvalue weighted by atomic mass is 35.5. The lowest BCUT2D eigenvalue weighted by Crippen LogP contribution is -2.25. The summed E-state index contributed by atoms with van der Waals surface area (Å²) >= 11 is 5.72. The average molecular weight is 310 g/mol. The van der Waals surface area contributed by atoms with E-state index in [1.807, 2.05) is 0 Å². The van der Waals surface area contributed by atoms with E-state index in [2.05, 4.69) is 4.98 Å². The molecule has 0 unspecified atom stereocenters. The molecule has 0 atom stereocenters. The number of nitrogens with one attached hydrogen (secondary N) is 2. The molecule has 0 amide bonds. The molecule has 108 valence electrons. The lowest BCUT2D eigenvalue weighted by atomic mass is 10.2. The molecular weight excluding hydrogens is 302 g/mol. The number of nitrogens with zero attached hydrogens (tertiary/aromatic N) is 1. The van der Waals surface area contributed by atoms with Gasteiger partial charge in [-0.2, -0.15) is 0 Å². The maximum absolute atomic E-state index is 11.4. The van der Waals surface area contributed by atoms with Gasteiger partial charge in [-0.3, -0.25) is 19.9 Å². The first kappa shape index (κ1) is 14.5. The van der Waals surface area contributed by atoms with Crippen LogP contribution in [0.15, 0.2) is 27.8 Å². The van der Waals surface area contributed by atoms with Gasteiger partial charge in [0, 0.05) is 0 Å². The highest BCUT2D eigenvalue weighted by Crippen LogP contribution is 2.24. The molecule has 2 rings (SSSR count). The van der Waals surface area contributed by atoms with E-state index in [0.29, 0.717) is 5.56 Å². The minimum atomic E-state index is -1.09. The molecule has 21 heavy (non-hydrogen) atoms. The highest BCUT2D eigenvalue weighted by Gasteiger charge is 2.18. The van der Waals surface area contributed by atoms with E-state index in [0.717, 1.165) is 0 Å². The summed E-state index contributed by atoms with van der Waals surface area (Å²) in [5.41, 5.74) is -2.43. The van der Waals surface area contributed by atoms with Crippen molar-refractivity contribution in [1.82, 2.24) is 9.97 Å². The fraction of sp³-hybridized carbons (Fsp3) is 0. The van der Waals surface area contributed by atoms with E-state index in [4.69, 9.17) is 11.6 Å². The van der Waals surface area contributed by atoms with Crippen LogP contribution in [0.2, 0.25) is 5.02 Å². The van der Waals surface area contributed by atoms with Crippen LogP contribution in [-0.4, -0.2) is 20.0 Å². The smallest absolute Gasteiger partial charge is 0.357 e. The molecule has 0 bridgehead atoms. The zero-order chi connectivity index (χ0) is 15.6. The van der Waals surface area contributed by atoms with Crippen LogP contribution in [0.5, 0.6) is 5.75 Å². The van der Waals surface area contributed by atoms with Crippen molar-refractivity contribution in [1.29, 1.82) is 0 Å². The van der Waals surface area contributed by atoms with Gasteiger partial charge in [-0.25, -0.2) is 4.79 Å². The first-order valence-electron chi connectivity index (χ1n) is 5.56. The van der Waals surface area contributed by atoms with E-state index in [1.165, 1.54) is 30.4 Å². The maximum atomic E-state index is 11.4. The van der Waals surface area contributed by atoms with Crippen LogP contribution in [-0.2, 0) is 0 Å². The van der Waals surface area contributed by atoms with Crippen molar-refractivity contribution < 1.29 is 10.0 Å². The zero-order valence-corrected chi connectivity index (χ0v) is 11.0. The van der Waals surface area contributed by atoms with Gasteiger partial charge >= 0.3 is 16.9 Å². The number of H-pyrrole nitrogens is 2. The summed E-state index contributed by atoms with van der Waals surface area (Å²) in [5, 5.41) is 20.2. The van der Waals surface area contributed by atoms with Gasteiger partial charge in [0.25, 0.3) is 0 Å². The number of phenolic OH excluding ortho intramolecular Hbond substituents is 1. The Hall–Kier alpha value is -2.87. The quantitative estimate of drug-likeness (QED) is 0.584. The van der Waals surface area contributed by atoms with Crippen molar-refractivity contribution in [2.45, 2.75) is 0 Å². The Morgan fingerprint density at radius 3 is 2.57 bits per heavy atom. The SMILES string of the molecule is O=c1[nH]c(/C=C\c2ccc(O)c(Cl)c2)c([N+](=O)[O-])c(=O)[nH]1. The van der Waals surface area contributed by atoms with Gasteiger partial charge in [0.05, 0.1) is 9.95 Å². The maximum Gasteiger partial charge on any atom is 0.357 e. The van der Waals surface area contributed by atoms with Crippen LogP contribution < -0.4 is 11.2 Å². The minimum Gasteiger partial charge on any atom is -0.506 e. The normalized spacial score (nSPS) is 10.9. The number of aromatic amines is 2. The van der Waals surface area contributed by atoms with Crippen LogP contribution in [0, 0.1) is 10.1 Å². The molecule has 0 aliphatic carbocycles. The Labute approximate surface area is 121 Å². The third kappa shape index (κ3) is 3.18. The van der Waals surface area contributed by atoms with E-state index in [9.17, 15) is 24.8 Å². The number of aromatic nitrogens is 2. The summed E-state index contributed by atoms with van der Waals surface area (Å²) in [6, 6.07) is 4.27. The van der Waals surface area contributed by atoms with Gasteiger partial charge in [-0.05, 0) is 23.8 Å². The Kier molecular flexibility index (Phi) is 3.90. The van der Waals surface area contributed by atoms with Gasteiger partial charge in [0.1, 0.15) is 11.4 Å². The van der Waals surface area contributed by atoms with Crippen molar-refractivity contribution in [2.75, 3.05) is 0 Å². The molecule has 1 aromatic carbocycles. The topological polar surface area (TPSA) is 129 Å². The zero-order valence-electron chi connectivity index (χ0n) is 10.3. The number of aromatic hydroxyl groups is 1. The van der Waals surface area contributed by atoms with Crippen molar-refractivity contribution in [3.8, 4) is 5.75 Å². The predicted molar refractivity (Wildman–Crippen MR) is 76.4 cm³/mol. The second kappa shape index (κ2) is 5.63. The standard InChI is InChI=1S/C12H8ClN3O5/c13-7-5-6(2-4-9(7)17)1-3-8-10(16(20)21)11(18)15-12(19)14-8/h1-5,17H,(H2,14,15,18,19)/b3-1-. The van der Waals surface area contributed by atoms with Gasteiger partial charge in [-0.15, -0.1) is 0 Å². The number of rotatable bonds is 3. The van der Waals surface area contributed by atoms with Gasteiger partial charge < -0.3 is 10.1 Å². The molecule has 2 aromatic rings. The number of hydrogen-bond acceptors (Lipinski definition) is 5. The fourth-order valence-electron chi connectivity index (χ4n) is 1.61. The largest absolute Gasteiger partial charge is 0.506 e. The van der Waals surface area contributed by atoms with Crippen molar-refractivity contribution in [3.63, 3.8) is 0 Å². The molecule has 0 saturated heterocycles. The average Bonchev–Trinajstić information content (AvgIpc) is 2.38. The first-order chi connectivity index (χ1) is 9.88. The number of halogens is 1. The monoisotopic (exact) mass is 309 g/mol. The molecule has 0 fully saturated rings. The number of nitro groups is 1. The minimum absolute atomic E-state index is 0.103. The second-order valence-corrected chi connectivity index (χ2v) is 4.38. The van der Waals surface area contributed by atoms with Crippen LogP contribution in [0.25, 0.3) is 12.2 Å². The molecule has 9 heteroatoms. The molecule has 1 aromatic heterocycles. The Morgan fingerprint density at radius 1 is 1.24 bits per heavy atom. The molecule has 0 aliphatic heterocycles. The molecule has 0 spiro atoms. The van der Waals surface area contributed by atoms with Crippen molar-refractivity contribution >= 4 is 29.4 Å². The molecular formula is C12H8ClN3O5. The third-order valence-corrected chi connectivity index (χ3v) is 2.84. The molecule has 0 radical (unpaired) electrons. The summed E-state index contributed by atoms with van der Waals surface area (Å²) < 4.78 is 0. The third-order valence-electron chi connectivity index (χ3n) is 2.54. The summed E-state index contributed by atoms with van der Waals surface area (Å²) in [6.45, 7) is 0. The van der Waals surface area contributed by atoms with Crippen LogP contribution in [0.4, 0.5) is 5.69 Å². The van der Waals surface area contributed by atoms with E-state index >= 15 is 0 Å². The summed E-state index contributed by atoms with van der Waals surface area (Å²) in [4.78, 5) is 36.5. The molecule has 8 nitrogen and oxygen atoms in total. The molecule has 0 saturated carbocycles. The summed E-state index contributed by atoms with van der Waals surface area (Å²) in [7, 11) is 0. The second-order valence-electron chi connectivity index (χ2n) is 3.97. The Morgan fingerprint density at radius 2 is 1.95 bits per heavy atom. The van der Waals surface area contributed by atoms with E-state index in [-0.39, 0.29) is 16.5 Å². The number of hydrogen-bond donors (Lipinski definition) is 3. The Bertz CT molecular complexity index is 853. The number of phenols is 1. The molecule has 3 N–H and O–H groups in total. The van der Waals surface area contributed by atoms with Crippen molar-refractivity contribution in [3.05, 3.63) is 65.4 Å². The van der Waals surface area contributed by atoms with Crippen LogP contribution in [0.1, 0.15) is 11.3 Å². The molecule has 1 heterocycles. The summed E-state index contributed by atoms with van der Waals surface area (Å²) in [6.07, 6.45) is 2.61. The summed E-state index contributed by atoms with van der Waals surface area (Å²) in [5.74, 6) is -0.107. The highest BCUT2D eigenvalue weighted by molar-refractivity contribution is 6.32. The first-order valence-corrected chi connectivity index (χ1v) is 5.94. The van der Waals surface area contributed by atoms with E-state index in [1.54, 1.807) is 4.98 Å². The Balaban J connectivity index is 2.50. The van der Waals surface area contributed by atoms with Crippen molar-refractivity contribution in [2.24, 2.45) is 0 Å².